The Morgan fingerprint density at radius 1 is 1.13 bits per heavy atom. The van der Waals surface area contributed by atoms with Gasteiger partial charge in [0.25, 0.3) is 0 Å². The minimum absolute atomic E-state index is 0.0166. The number of carbonyl (C=O) groups is 2. The highest BCUT2D eigenvalue weighted by Gasteiger charge is 2.40. The SMILES string of the molecule is COc1ccc(NC(=O)C(C)(C)N(Cc2cccnc2)C(=O)CN2CC(c3ccccc3)NC2=S)c(OC)c1. The number of hydrogen-bond acceptors (Lipinski definition) is 6. The van der Waals surface area contributed by atoms with Crippen LogP contribution in [0, 0.1) is 0 Å². The number of nitrogens with one attached hydrogen (secondary N) is 2. The molecule has 0 aliphatic carbocycles. The molecule has 1 aliphatic rings. The molecule has 1 unspecified atom stereocenters. The molecular formula is C29H33N5O4S. The Morgan fingerprint density at radius 3 is 2.56 bits per heavy atom. The topological polar surface area (TPSA) is 96.0 Å². The highest BCUT2D eigenvalue weighted by molar-refractivity contribution is 7.80. The van der Waals surface area contributed by atoms with Crippen molar-refractivity contribution >= 4 is 34.8 Å². The zero-order valence-corrected chi connectivity index (χ0v) is 23.3. The number of rotatable bonds is 10. The van der Waals surface area contributed by atoms with Gasteiger partial charge in [0.1, 0.15) is 17.0 Å². The van der Waals surface area contributed by atoms with Crippen molar-refractivity contribution in [2.75, 3.05) is 32.6 Å². The third-order valence-corrected chi connectivity index (χ3v) is 7.14. The third kappa shape index (κ3) is 6.46. The summed E-state index contributed by atoms with van der Waals surface area (Å²) in [6.45, 7) is 4.21. The summed E-state index contributed by atoms with van der Waals surface area (Å²) in [5, 5.41) is 6.73. The van der Waals surface area contributed by atoms with E-state index in [1.54, 1.807) is 62.5 Å². The Hall–Kier alpha value is -4.18. The number of thiocarbonyl (C=S) groups is 1. The smallest absolute Gasteiger partial charge is 0.249 e. The Kier molecular flexibility index (Phi) is 8.65. The van der Waals surface area contributed by atoms with E-state index in [1.165, 1.54) is 7.11 Å². The summed E-state index contributed by atoms with van der Waals surface area (Å²) in [5.74, 6) is 0.441. The number of ether oxygens (including phenoxy) is 2. The van der Waals surface area contributed by atoms with Crippen molar-refractivity contribution in [1.82, 2.24) is 20.1 Å². The van der Waals surface area contributed by atoms with Gasteiger partial charge >= 0.3 is 0 Å². The number of aromatic nitrogens is 1. The zero-order chi connectivity index (χ0) is 28.0. The Labute approximate surface area is 234 Å². The lowest BCUT2D eigenvalue weighted by Gasteiger charge is -2.38. The first-order chi connectivity index (χ1) is 18.7. The van der Waals surface area contributed by atoms with Gasteiger partial charge < -0.3 is 29.9 Å². The van der Waals surface area contributed by atoms with Crippen molar-refractivity contribution < 1.29 is 19.1 Å². The van der Waals surface area contributed by atoms with Gasteiger partial charge in [0, 0.05) is 31.5 Å². The molecule has 3 aromatic rings. The lowest BCUT2D eigenvalue weighted by molar-refractivity contribution is -0.144. The van der Waals surface area contributed by atoms with Crippen LogP contribution in [0.5, 0.6) is 11.5 Å². The molecular weight excluding hydrogens is 514 g/mol. The van der Waals surface area contributed by atoms with Crippen molar-refractivity contribution in [3.8, 4) is 11.5 Å². The Morgan fingerprint density at radius 2 is 1.90 bits per heavy atom. The largest absolute Gasteiger partial charge is 0.497 e. The zero-order valence-electron chi connectivity index (χ0n) is 22.5. The molecule has 1 atom stereocenters. The molecule has 1 aliphatic heterocycles. The van der Waals surface area contributed by atoms with Crippen molar-refractivity contribution in [1.29, 1.82) is 0 Å². The fourth-order valence-corrected chi connectivity index (χ4v) is 4.70. The van der Waals surface area contributed by atoms with Gasteiger partial charge in [-0.2, -0.15) is 0 Å². The van der Waals surface area contributed by atoms with Crippen LogP contribution in [0.3, 0.4) is 0 Å². The second-order valence-corrected chi connectivity index (χ2v) is 10.1. The fourth-order valence-electron chi connectivity index (χ4n) is 4.42. The molecule has 2 N–H and O–H groups in total. The van der Waals surface area contributed by atoms with Gasteiger partial charge in [0.05, 0.1) is 32.5 Å². The predicted octanol–water partition coefficient (Wildman–Crippen LogP) is 3.78. The van der Waals surface area contributed by atoms with Gasteiger partial charge in [-0.3, -0.25) is 14.6 Å². The lowest BCUT2D eigenvalue weighted by Crippen LogP contribution is -2.57. The summed E-state index contributed by atoms with van der Waals surface area (Å²) in [4.78, 5) is 35.1. The average Bonchev–Trinajstić information content (AvgIpc) is 3.32. The van der Waals surface area contributed by atoms with Gasteiger partial charge in [-0.15, -0.1) is 0 Å². The molecule has 10 heteroatoms. The van der Waals surface area contributed by atoms with Gasteiger partial charge in [0.2, 0.25) is 11.8 Å². The molecule has 9 nitrogen and oxygen atoms in total. The van der Waals surface area contributed by atoms with Crippen LogP contribution in [-0.2, 0) is 16.1 Å². The number of carbonyl (C=O) groups excluding carboxylic acids is 2. The minimum atomic E-state index is -1.23. The molecule has 0 radical (unpaired) electrons. The molecule has 1 fully saturated rings. The second-order valence-electron chi connectivity index (χ2n) is 9.71. The number of nitrogens with zero attached hydrogens (tertiary/aromatic N) is 3. The average molecular weight is 548 g/mol. The first-order valence-corrected chi connectivity index (χ1v) is 13.0. The van der Waals surface area contributed by atoms with Crippen molar-refractivity contribution in [3.63, 3.8) is 0 Å². The molecule has 39 heavy (non-hydrogen) atoms. The van der Waals surface area contributed by atoms with Crippen molar-refractivity contribution in [3.05, 3.63) is 84.2 Å². The van der Waals surface area contributed by atoms with E-state index >= 15 is 0 Å². The number of amides is 2. The maximum atomic E-state index is 13.9. The van der Waals surface area contributed by atoms with Crippen LogP contribution in [0.4, 0.5) is 5.69 Å². The standard InChI is InChI=1S/C29H33N5O4S/c1-29(2,27(36)31-23-13-12-22(37-3)15-25(23)38-4)34(17-20-9-8-14-30-16-20)26(35)19-33-18-24(32-28(33)39)21-10-6-5-7-11-21/h5-16,24H,17-19H2,1-4H3,(H,31,36)(H,32,39). The maximum Gasteiger partial charge on any atom is 0.249 e. The van der Waals surface area contributed by atoms with E-state index in [9.17, 15) is 9.59 Å². The van der Waals surface area contributed by atoms with Gasteiger partial charge in [-0.1, -0.05) is 36.4 Å². The summed E-state index contributed by atoms with van der Waals surface area (Å²) in [6, 6.07) is 18.8. The normalized spacial score (nSPS) is 14.9. The first-order valence-electron chi connectivity index (χ1n) is 12.6. The van der Waals surface area contributed by atoms with E-state index in [-0.39, 0.29) is 30.9 Å². The van der Waals surface area contributed by atoms with E-state index in [0.717, 1.165) is 11.1 Å². The molecule has 0 saturated carbocycles. The summed E-state index contributed by atoms with van der Waals surface area (Å²) in [7, 11) is 3.07. The summed E-state index contributed by atoms with van der Waals surface area (Å²) >= 11 is 5.56. The molecule has 1 saturated heterocycles. The highest BCUT2D eigenvalue weighted by atomic mass is 32.1. The van der Waals surface area contributed by atoms with Gasteiger partial charge in [0.15, 0.2) is 5.11 Å². The molecule has 1 aromatic heterocycles. The summed E-state index contributed by atoms with van der Waals surface area (Å²) in [5.41, 5.74) is 1.14. The van der Waals surface area contributed by atoms with Crippen LogP contribution in [0.15, 0.2) is 73.1 Å². The molecule has 204 valence electrons. The molecule has 0 bridgehead atoms. The molecule has 2 aromatic carbocycles. The Bertz CT molecular complexity index is 1320. The van der Waals surface area contributed by atoms with Crippen molar-refractivity contribution in [2.45, 2.75) is 32.0 Å². The maximum absolute atomic E-state index is 13.9. The number of anilines is 1. The third-order valence-electron chi connectivity index (χ3n) is 6.77. The van der Waals surface area contributed by atoms with Crippen LogP contribution >= 0.6 is 12.2 Å². The highest BCUT2D eigenvalue weighted by Crippen LogP contribution is 2.31. The van der Waals surface area contributed by atoms with Gasteiger partial charge in [-0.25, -0.2) is 0 Å². The second kappa shape index (κ2) is 12.1. The molecule has 4 rings (SSSR count). The number of hydrogen-bond donors (Lipinski definition) is 2. The molecule has 0 spiro atoms. The van der Waals surface area contributed by atoms with E-state index in [4.69, 9.17) is 21.7 Å². The summed E-state index contributed by atoms with van der Waals surface area (Å²) in [6.07, 6.45) is 3.36. The van der Waals surface area contributed by atoms with Crippen LogP contribution in [0.25, 0.3) is 0 Å². The summed E-state index contributed by atoms with van der Waals surface area (Å²) < 4.78 is 10.7. The molecule has 2 heterocycles. The predicted molar refractivity (Wildman–Crippen MR) is 154 cm³/mol. The first kappa shape index (κ1) is 27.8. The van der Waals surface area contributed by atoms with Crippen LogP contribution < -0.4 is 20.1 Å². The van der Waals surface area contributed by atoms with Crippen LogP contribution in [0.1, 0.15) is 31.0 Å². The number of pyridine rings is 1. The number of benzene rings is 2. The van der Waals surface area contributed by atoms with Crippen molar-refractivity contribution in [2.24, 2.45) is 0 Å². The monoisotopic (exact) mass is 547 g/mol. The fraction of sp³-hybridized carbons (Fsp3) is 0.310. The molecule has 2 amide bonds. The lowest BCUT2D eigenvalue weighted by atomic mass is 9.99. The quantitative estimate of drug-likeness (QED) is 0.371. The van der Waals surface area contributed by atoms with E-state index < -0.39 is 5.54 Å². The van der Waals surface area contributed by atoms with Crippen LogP contribution in [-0.4, -0.2) is 64.6 Å². The van der Waals surface area contributed by atoms with E-state index in [2.05, 4.69) is 15.6 Å². The van der Waals surface area contributed by atoms with Crippen LogP contribution in [0.2, 0.25) is 0 Å². The Balaban J connectivity index is 1.56. The van der Waals surface area contributed by atoms with Gasteiger partial charge in [-0.05, 0) is 55.4 Å². The minimum Gasteiger partial charge on any atom is -0.497 e. The van der Waals surface area contributed by atoms with E-state index in [1.807, 2.05) is 41.3 Å². The number of methoxy groups -OCH3 is 2. The van der Waals surface area contributed by atoms with E-state index in [0.29, 0.717) is 28.8 Å².